The number of nitriles is 1. The Morgan fingerprint density at radius 3 is 2.07 bits per heavy atom. The number of halogens is 3. The Bertz CT molecular complexity index is 1060. The van der Waals surface area contributed by atoms with Crippen LogP contribution in [0, 0.1) is 18.3 Å². The van der Waals surface area contributed by atoms with Gasteiger partial charge in [0.25, 0.3) is 5.56 Å². The molecule has 3 nitrogen and oxygen atoms in total. The topological polar surface area (TPSA) is 45.8 Å². The number of pyridine rings is 1. The first kappa shape index (κ1) is 18.5. The summed E-state index contributed by atoms with van der Waals surface area (Å²) in [4.78, 5) is 12.9. The van der Waals surface area contributed by atoms with E-state index in [1.165, 1.54) is 17.6 Å². The molecule has 0 saturated carbocycles. The van der Waals surface area contributed by atoms with Gasteiger partial charge in [0, 0.05) is 0 Å². The highest BCUT2D eigenvalue weighted by Crippen LogP contribution is 2.37. The normalized spacial score (nSPS) is 11.2. The maximum Gasteiger partial charge on any atom is 0.418 e. The van der Waals surface area contributed by atoms with Crippen LogP contribution >= 0.6 is 0 Å². The van der Waals surface area contributed by atoms with Crippen LogP contribution in [-0.4, -0.2) is 4.57 Å². The number of nitrogens with zero attached hydrogens (tertiary/aromatic N) is 2. The summed E-state index contributed by atoms with van der Waals surface area (Å²) in [5, 5.41) is 9.28. The minimum absolute atomic E-state index is 0.0670. The molecule has 0 atom stereocenters. The first-order valence-corrected chi connectivity index (χ1v) is 8.18. The molecule has 0 aliphatic carbocycles. The summed E-state index contributed by atoms with van der Waals surface area (Å²) in [5.74, 6) is 0. The lowest BCUT2D eigenvalue weighted by molar-refractivity contribution is -0.138. The first-order valence-electron chi connectivity index (χ1n) is 8.18. The van der Waals surface area contributed by atoms with Crippen LogP contribution in [0.5, 0.6) is 0 Å². The van der Waals surface area contributed by atoms with E-state index in [1.54, 1.807) is 54.6 Å². The molecule has 0 saturated heterocycles. The van der Waals surface area contributed by atoms with Gasteiger partial charge < -0.3 is 4.57 Å². The highest BCUT2D eigenvalue weighted by molar-refractivity contribution is 5.67. The quantitative estimate of drug-likeness (QED) is 0.669. The van der Waals surface area contributed by atoms with E-state index in [4.69, 9.17) is 0 Å². The third kappa shape index (κ3) is 3.49. The van der Waals surface area contributed by atoms with Crippen LogP contribution in [0.25, 0.3) is 11.3 Å². The van der Waals surface area contributed by atoms with Crippen molar-refractivity contribution in [1.82, 2.24) is 4.57 Å². The summed E-state index contributed by atoms with van der Waals surface area (Å²) in [6.07, 6.45) is -4.80. The fourth-order valence-electron chi connectivity index (χ4n) is 3.20. The van der Waals surface area contributed by atoms with Crippen molar-refractivity contribution in [2.24, 2.45) is 0 Å². The zero-order chi connectivity index (χ0) is 19.6. The van der Waals surface area contributed by atoms with E-state index < -0.39 is 22.9 Å². The van der Waals surface area contributed by atoms with Crippen molar-refractivity contribution >= 4 is 0 Å². The second kappa shape index (κ2) is 7.12. The summed E-state index contributed by atoms with van der Waals surface area (Å²) in [5.41, 5.74) is -1.73. The lowest BCUT2D eigenvalue weighted by atomic mass is 9.97. The van der Waals surface area contributed by atoms with Crippen molar-refractivity contribution in [2.75, 3.05) is 0 Å². The van der Waals surface area contributed by atoms with Gasteiger partial charge in [-0.15, -0.1) is 0 Å². The fraction of sp³-hybridized carbons (Fsp3) is 0.143. The molecule has 0 aliphatic rings. The lowest BCUT2D eigenvalue weighted by Crippen LogP contribution is -2.30. The third-order valence-corrected chi connectivity index (χ3v) is 4.34. The molecule has 0 radical (unpaired) electrons. The van der Waals surface area contributed by atoms with Crippen LogP contribution in [0.15, 0.2) is 65.5 Å². The molecule has 1 heterocycles. The molecule has 0 aliphatic heterocycles. The molecule has 136 valence electrons. The van der Waals surface area contributed by atoms with E-state index in [-0.39, 0.29) is 17.8 Å². The van der Waals surface area contributed by atoms with E-state index in [0.29, 0.717) is 5.56 Å². The molecule has 0 bridgehead atoms. The minimum Gasteiger partial charge on any atom is -0.302 e. The van der Waals surface area contributed by atoms with Gasteiger partial charge in [0.2, 0.25) is 0 Å². The highest BCUT2D eigenvalue weighted by atomic mass is 19.4. The van der Waals surface area contributed by atoms with Crippen molar-refractivity contribution in [3.63, 3.8) is 0 Å². The second-order valence-electron chi connectivity index (χ2n) is 6.08. The van der Waals surface area contributed by atoms with E-state index >= 15 is 0 Å². The zero-order valence-electron chi connectivity index (χ0n) is 14.4. The molecule has 0 fully saturated rings. The Morgan fingerprint density at radius 1 is 1.00 bits per heavy atom. The van der Waals surface area contributed by atoms with Gasteiger partial charge in [0.15, 0.2) is 0 Å². The van der Waals surface area contributed by atoms with Crippen LogP contribution in [0.2, 0.25) is 0 Å². The Labute approximate surface area is 153 Å². The summed E-state index contributed by atoms with van der Waals surface area (Å²) in [6.45, 7) is 1.37. The van der Waals surface area contributed by atoms with E-state index in [1.807, 2.05) is 6.07 Å². The van der Waals surface area contributed by atoms with Gasteiger partial charge in [0.05, 0.1) is 17.8 Å². The van der Waals surface area contributed by atoms with Crippen LogP contribution in [0.4, 0.5) is 13.2 Å². The number of alkyl halides is 3. The number of hydrogen-bond acceptors (Lipinski definition) is 2. The number of rotatable bonds is 3. The summed E-state index contributed by atoms with van der Waals surface area (Å²) < 4.78 is 42.1. The number of aromatic nitrogens is 1. The molecular weight excluding hydrogens is 353 g/mol. The Morgan fingerprint density at radius 2 is 1.56 bits per heavy atom. The van der Waals surface area contributed by atoms with Gasteiger partial charge in [-0.25, -0.2) is 0 Å². The van der Waals surface area contributed by atoms with Crippen LogP contribution in [0.1, 0.15) is 22.3 Å². The largest absolute Gasteiger partial charge is 0.418 e. The molecule has 0 amide bonds. The highest BCUT2D eigenvalue weighted by Gasteiger charge is 2.39. The van der Waals surface area contributed by atoms with Crippen LogP contribution in [0.3, 0.4) is 0 Å². The van der Waals surface area contributed by atoms with E-state index in [9.17, 15) is 23.2 Å². The molecule has 3 aromatic rings. The van der Waals surface area contributed by atoms with Crippen LogP contribution < -0.4 is 5.56 Å². The smallest absolute Gasteiger partial charge is 0.302 e. The summed E-state index contributed by atoms with van der Waals surface area (Å²) in [7, 11) is 0. The zero-order valence-corrected chi connectivity index (χ0v) is 14.4. The predicted octanol–water partition coefficient (Wildman–Crippen LogP) is 4.76. The molecule has 2 aromatic carbocycles. The standard InChI is InChI=1S/C21H15F3N2O/c1-14-18(21(22,23)24)17(12-25)20(27)26(13-15-8-4-2-5-9-15)19(14)16-10-6-3-7-11-16/h2-11H,13H2,1H3. The molecule has 6 heteroatoms. The van der Waals surface area contributed by atoms with Gasteiger partial charge in [-0.3, -0.25) is 4.79 Å². The summed E-state index contributed by atoms with van der Waals surface area (Å²) in [6, 6.07) is 18.8. The van der Waals surface area contributed by atoms with E-state index in [0.717, 1.165) is 5.56 Å². The van der Waals surface area contributed by atoms with Crippen molar-refractivity contribution in [3.05, 3.63) is 93.3 Å². The average Bonchev–Trinajstić information content (AvgIpc) is 2.64. The van der Waals surface area contributed by atoms with Crippen molar-refractivity contribution in [3.8, 4) is 17.3 Å². The van der Waals surface area contributed by atoms with Gasteiger partial charge >= 0.3 is 6.18 Å². The minimum atomic E-state index is -4.80. The average molecular weight is 368 g/mol. The molecule has 0 unspecified atom stereocenters. The maximum atomic E-state index is 13.6. The monoisotopic (exact) mass is 368 g/mol. The van der Waals surface area contributed by atoms with E-state index in [2.05, 4.69) is 0 Å². The summed E-state index contributed by atoms with van der Waals surface area (Å²) >= 11 is 0. The molecule has 1 aromatic heterocycles. The van der Waals surface area contributed by atoms with Gasteiger partial charge in [-0.1, -0.05) is 60.7 Å². The molecule has 0 N–H and O–H groups in total. The molecule has 3 rings (SSSR count). The lowest BCUT2D eigenvalue weighted by Gasteiger charge is -2.21. The number of hydrogen-bond donors (Lipinski definition) is 0. The Hall–Kier alpha value is -3.33. The van der Waals surface area contributed by atoms with Gasteiger partial charge in [-0.2, -0.15) is 18.4 Å². The second-order valence-corrected chi connectivity index (χ2v) is 6.08. The van der Waals surface area contributed by atoms with Crippen molar-refractivity contribution in [2.45, 2.75) is 19.6 Å². The Balaban J connectivity index is 2.40. The first-order chi connectivity index (χ1) is 12.8. The van der Waals surface area contributed by atoms with Gasteiger partial charge in [0.1, 0.15) is 11.6 Å². The van der Waals surface area contributed by atoms with Gasteiger partial charge in [-0.05, 0) is 23.6 Å². The molecular formula is C21H15F3N2O. The molecule has 0 spiro atoms. The predicted molar refractivity (Wildman–Crippen MR) is 96.1 cm³/mol. The van der Waals surface area contributed by atoms with Crippen molar-refractivity contribution in [1.29, 1.82) is 5.26 Å². The van der Waals surface area contributed by atoms with Crippen LogP contribution in [-0.2, 0) is 12.7 Å². The maximum absolute atomic E-state index is 13.6. The SMILES string of the molecule is Cc1c(C(F)(F)F)c(C#N)c(=O)n(Cc2ccccc2)c1-c1ccccc1. The third-order valence-electron chi connectivity index (χ3n) is 4.34. The fourth-order valence-corrected chi connectivity index (χ4v) is 3.20. The number of benzene rings is 2. The van der Waals surface area contributed by atoms with Crippen molar-refractivity contribution < 1.29 is 13.2 Å². The Kier molecular flexibility index (Phi) is 4.87. The molecule has 27 heavy (non-hydrogen) atoms.